The van der Waals surface area contributed by atoms with Crippen LogP contribution in [0.1, 0.15) is 12.5 Å². The fraction of sp³-hybridized carbons (Fsp3) is 0.250. The number of carbonyl (C=O) groups is 1. The number of pyridine rings is 1. The molecule has 1 aromatic heterocycles. The van der Waals surface area contributed by atoms with E-state index < -0.39 is 0 Å². The summed E-state index contributed by atoms with van der Waals surface area (Å²) >= 11 is 0. The van der Waals surface area contributed by atoms with E-state index in [9.17, 15) is 4.79 Å². The SMILES string of the molecule is CC(=O)OCc1ccc[nH+]c1. The van der Waals surface area contributed by atoms with Crippen LogP contribution in [-0.2, 0) is 16.1 Å². The van der Waals surface area contributed by atoms with Crippen LogP contribution in [0.15, 0.2) is 24.5 Å². The summed E-state index contributed by atoms with van der Waals surface area (Å²) in [7, 11) is 0. The van der Waals surface area contributed by atoms with E-state index in [0.717, 1.165) is 5.56 Å². The molecule has 58 valence electrons. The minimum atomic E-state index is -0.256. The molecule has 0 aliphatic heterocycles. The molecule has 0 atom stereocenters. The summed E-state index contributed by atoms with van der Waals surface area (Å²) in [4.78, 5) is 13.3. The highest BCUT2D eigenvalue weighted by atomic mass is 16.5. The first kappa shape index (κ1) is 7.72. The first-order valence-electron chi connectivity index (χ1n) is 3.37. The standard InChI is InChI=1S/C8H9NO2/c1-7(10)11-6-8-3-2-4-9-5-8/h2-5H,6H2,1H3/p+1. The molecule has 1 heterocycles. The van der Waals surface area contributed by atoms with Gasteiger partial charge in [-0.15, -0.1) is 0 Å². The van der Waals surface area contributed by atoms with Crippen molar-refractivity contribution in [1.82, 2.24) is 0 Å². The molecule has 0 fully saturated rings. The molecule has 0 unspecified atom stereocenters. The Hall–Kier alpha value is -1.38. The Morgan fingerprint density at radius 1 is 1.73 bits per heavy atom. The Labute approximate surface area is 65.0 Å². The fourth-order valence-corrected chi connectivity index (χ4v) is 0.705. The van der Waals surface area contributed by atoms with Gasteiger partial charge < -0.3 is 4.74 Å². The second-order valence-corrected chi connectivity index (χ2v) is 2.19. The Kier molecular flexibility index (Phi) is 2.60. The molecule has 3 nitrogen and oxygen atoms in total. The summed E-state index contributed by atoms with van der Waals surface area (Å²) in [6, 6.07) is 3.75. The van der Waals surface area contributed by atoms with E-state index in [1.165, 1.54) is 6.92 Å². The van der Waals surface area contributed by atoms with Crippen LogP contribution >= 0.6 is 0 Å². The van der Waals surface area contributed by atoms with Gasteiger partial charge in [-0.25, -0.2) is 4.98 Å². The van der Waals surface area contributed by atoms with Crippen LogP contribution in [0.25, 0.3) is 0 Å². The summed E-state index contributed by atoms with van der Waals surface area (Å²) in [5.74, 6) is -0.256. The van der Waals surface area contributed by atoms with Gasteiger partial charge in [0.15, 0.2) is 12.4 Å². The number of hydrogen-bond acceptors (Lipinski definition) is 2. The number of rotatable bonds is 2. The van der Waals surface area contributed by atoms with Crippen molar-refractivity contribution in [3.8, 4) is 0 Å². The summed E-state index contributed by atoms with van der Waals surface area (Å²) in [6.07, 6.45) is 3.60. The van der Waals surface area contributed by atoms with Crippen molar-refractivity contribution in [2.24, 2.45) is 0 Å². The first-order valence-corrected chi connectivity index (χ1v) is 3.37. The zero-order valence-corrected chi connectivity index (χ0v) is 6.33. The maximum atomic E-state index is 10.4. The third kappa shape index (κ3) is 2.80. The lowest BCUT2D eigenvalue weighted by atomic mass is 10.3. The third-order valence-corrected chi connectivity index (χ3v) is 1.21. The Bertz CT molecular complexity index is 233. The molecule has 0 aliphatic rings. The van der Waals surface area contributed by atoms with E-state index in [1.54, 1.807) is 12.4 Å². The lowest BCUT2D eigenvalue weighted by molar-refractivity contribution is -0.379. The van der Waals surface area contributed by atoms with E-state index in [4.69, 9.17) is 4.74 Å². The molecule has 1 aromatic rings. The van der Waals surface area contributed by atoms with Gasteiger partial charge in [0.1, 0.15) is 6.61 Å². The number of nitrogens with one attached hydrogen (secondary N) is 1. The highest BCUT2D eigenvalue weighted by Gasteiger charge is 1.96. The number of aromatic nitrogens is 1. The van der Waals surface area contributed by atoms with Crippen LogP contribution in [0.5, 0.6) is 0 Å². The average molecular weight is 152 g/mol. The molecule has 11 heavy (non-hydrogen) atoms. The largest absolute Gasteiger partial charge is 0.461 e. The maximum Gasteiger partial charge on any atom is 0.302 e. The zero-order valence-electron chi connectivity index (χ0n) is 6.33. The quantitative estimate of drug-likeness (QED) is 0.581. The Morgan fingerprint density at radius 2 is 2.55 bits per heavy atom. The molecule has 1 rings (SSSR count). The van der Waals surface area contributed by atoms with Crippen molar-refractivity contribution in [3.05, 3.63) is 30.1 Å². The van der Waals surface area contributed by atoms with Crippen LogP contribution < -0.4 is 4.98 Å². The molecule has 0 spiro atoms. The van der Waals surface area contributed by atoms with Gasteiger partial charge in [0.25, 0.3) is 0 Å². The number of esters is 1. The minimum absolute atomic E-state index is 0.256. The predicted octanol–water partition coefficient (Wildman–Crippen LogP) is 0.564. The van der Waals surface area contributed by atoms with Crippen molar-refractivity contribution >= 4 is 5.97 Å². The van der Waals surface area contributed by atoms with Gasteiger partial charge in [-0.05, 0) is 6.07 Å². The average Bonchev–Trinajstić information content (AvgIpc) is 2.03. The number of carbonyl (C=O) groups excluding carboxylic acids is 1. The number of ether oxygens (including phenoxy) is 1. The summed E-state index contributed by atoms with van der Waals surface area (Å²) in [5, 5.41) is 0. The first-order chi connectivity index (χ1) is 5.29. The van der Waals surface area contributed by atoms with Gasteiger partial charge in [0, 0.05) is 13.0 Å². The highest BCUT2D eigenvalue weighted by molar-refractivity contribution is 5.65. The predicted molar refractivity (Wildman–Crippen MR) is 38.5 cm³/mol. The molecule has 0 bridgehead atoms. The van der Waals surface area contributed by atoms with Gasteiger partial charge in [0.2, 0.25) is 0 Å². The van der Waals surface area contributed by atoms with E-state index in [2.05, 4.69) is 4.98 Å². The van der Waals surface area contributed by atoms with Crippen LogP contribution in [0.2, 0.25) is 0 Å². The topological polar surface area (TPSA) is 40.4 Å². The van der Waals surface area contributed by atoms with E-state index >= 15 is 0 Å². The number of hydrogen-bond donors (Lipinski definition) is 0. The molecule has 0 aliphatic carbocycles. The summed E-state index contributed by atoms with van der Waals surface area (Å²) < 4.78 is 4.77. The fourth-order valence-electron chi connectivity index (χ4n) is 0.705. The second-order valence-electron chi connectivity index (χ2n) is 2.19. The highest BCUT2D eigenvalue weighted by Crippen LogP contribution is 1.95. The Morgan fingerprint density at radius 3 is 3.09 bits per heavy atom. The van der Waals surface area contributed by atoms with Gasteiger partial charge >= 0.3 is 5.97 Å². The third-order valence-electron chi connectivity index (χ3n) is 1.21. The van der Waals surface area contributed by atoms with Crippen LogP contribution in [0, 0.1) is 0 Å². The molecular weight excluding hydrogens is 142 g/mol. The van der Waals surface area contributed by atoms with E-state index in [1.807, 2.05) is 12.1 Å². The van der Waals surface area contributed by atoms with E-state index in [0.29, 0.717) is 6.61 Å². The molecule has 0 aromatic carbocycles. The van der Waals surface area contributed by atoms with Crippen LogP contribution in [0.4, 0.5) is 0 Å². The van der Waals surface area contributed by atoms with Gasteiger partial charge in [-0.3, -0.25) is 4.79 Å². The maximum absolute atomic E-state index is 10.4. The molecular formula is C8H10NO2+. The number of aromatic amines is 1. The molecule has 0 amide bonds. The monoisotopic (exact) mass is 152 g/mol. The van der Waals surface area contributed by atoms with Crippen molar-refractivity contribution < 1.29 is 14.5 Å². The lowest BCUT2D eigenvalue weighted by Crippen LogP contribution is -2.04. The van der Waals surface area contributed by atoms with Crippen LogP contribution in [0.3, 0.4) is 0 Å². The van der Waals surface area contributed by atoms with Gasteiger partial charge in [0.05, 0.1) is 5.56 Å². The molecule has 0 saturated carbocycles. The smallest absolute Gasteiger partial charge is 0.302 e. The molecule has 1 N–H and O–H groups in total. The van der Waals surface area contributed by atoms with Crippen molar-refractivity contribution in [2.45, 2.75) is 13.5 Å². The van der Waals surface area contributed by atoms with E-state index in [-0.39, 0.29) is 5.97 Å². The van der Waals surface area contributed by atoms with Gasteiger partial charge in [-0.2, -0.15) is 0 Å². The minimum Gasteiger partial charge on any atom is -0.461 e. The van der Waals surface area contributed by atoms with Crippen molar-refractivity contribution in [1.29, 1.82) is 0 Å². The van der Waals surface area contributed by atoms with Crippen LogP contribution in [-0.4, -0.2) is 5.97 Å². The second kappa shape index (κ2) is 3.71. The Balaban J connectivity index is 2.45. The normalized spacial score (nSPS) is 9.18. The zero-order chi connectivity index (χ0) is 8.10. The van der Waals surface area contributed by atoms with Crippen molar-refractivity contribution in [3.63, 3.8) is 0 Å². The molecule has 0 saturated heterocycles. The summed E-state index contributed by atoms with van der Waals surface area (Å²) in [6.45, 7) is 1.74. The van der Waals surface area contributed by atoms with Crippen molar-refractivity contribution in [2.75, 3.05) is 0 Å². The molecule has 0 radical (unpaired) electrons. The lowest BCUT2D eigenvalue weighted by Gasteiger charge is -1.97. The van der Waals surface area contributed by atoms with Gasteiger partial charge in [-0.1, -0.05) is 0 Å². The molecule has 3 heteroatoms. The number of H-pyrrole nitrogens is 1. The summed E-state index contributed by atoms with van der Waals surface area (Å²) in [5.41, 5.74) is 0.961.